The molecule has 0 amide bonds. The summed E-state index contributed by atoms with van der Waals surface area (Å²) in [6.07, 6.45) is 4.16. The van der Waals surface area contributed by atoms with Gasteiger partial charge in [0.1, 0.15) is 0 Å². The SMILES string of the molecule is CCN1C(=NC#N)C2=C(c3ccc(N(c4ccccc4)c4ccccc4)cc3)N(CC)C(=NC#N)C2=C1c1ccc(N(c2ccccc2)c2ccccc2)cc1. The van der Waals surface area contributed by atoms with E-state index in [1.807, 2.05) is 86.6 Å². The Morgan fingerprint density at radius 3 is 0.929 bits per heavy atom. The highest BCUT2D eigenvalue weighted by molar-refractivity contribution is 6.33. The summed E-state index contributed by atoms with van der Waals surface area (Å²) in [6.45, 7) is 5.19. The highest BCUT2D eigenvalue weighted by atomic mass is 15.3. The number of rotatable bonds is 10. The van der Waals surface area contributed by atoms with Gasteiger partial charge in [0.2, 0.25) is 12.4 Å². The lowest BCUT2D eigenvalue weighted by Gasteiger charge is -2.28. The number of para-hydroxylation sites is 4. The van der Waals surface area contributed by atoms with Gasteiger partial charge in [-0.1, -0.05) is 97.1 Å². The molecule has 0 bridgehead atoms. The smallest absolute Gasteiger partial charge is 0.207 e. The minimum atomic E-state index is 0.537. The molecule has 6 aromatic rings. The van der Waals surface area contributed by atoms with Crippen molar-refractivity contribution < 1.29 is 0 Å². The van der Waals surface area contributed by atoms with Crippen LogP contribution < -0.4 is 9.80 Å². The summed E-state index contributed by atoms with van der Waals surface area (Å²) >= 11 is 0. The van der Waals surface area contributed by atoms with E-state index in [4.69, 9.17) is 0 Å². The van der Waals surface area contributed by atoms with Gasteiger partial charge >= 0.3 is 0 Å². The molecule has 0 aromatic heterocycles. The summed E-state index contributed by atoms with van der Waals surface area (Å²) in [5.41, 5.74) is 11.3. The highest BCUT2D eigenvalue weighted by Crippen LogP contribution is 2.48. The second-order valence-electron chi connectivity index (χ2n) is 13.1. The quantitative estimate of drug-likeness (QED) is 0.131. The third-order valence-electron chi connectivity index (χ3n) is 10.0. The molecule has 0 saturated heterocycles. The fourth-order valence-corrected chi connectivity index (χ4v) is 7.71. The van der Waals surface area contributed by atoms with Crippen LogP contribution in [0, 0.1) is 22.9 Å². The number of anilines is 6. The van der Waals surface area contributed by atoms with Crippen molar-refractivity contribution in [2.75, 3.05) is 22.9 Å². The highest BCUT2D eigenvalue weighted by Gasteiger charge is 2.46. The number of amidine groups is 2. The van der Waals surface area contributed by atoms with Crippen LogP contribution in [0.1, 0.15) is 25.0 Å². The molecule has 6 aromatic carbocycles. The summed E-state index contributed by atoms with van der Waals surface area (Å²) in [4.78, 5) is 17.5. The average molecular weight is 727 g/mol. The van der Waals surface area contributed by atoms with Crippen LogP contribution in [0.4, 0.5) is 34.1 Å². The molecule has 270 valence electrons. The fraction of sp³-hybridized carbons (Fsp3) is 0.0833. The molecule has 0 fully saturated rings. The maximum absolute atomic E-state index is 10.1. The lowest BCUT2D eigenvalue weighted by molar-refractivity contribution is 0.609. The number of fused-ring (bicyclic) bond motifs is 1. The molecule has 56 heavy (non-hydrogen) atoms. The summed E-state index contributed by atoms with van der Waals surface area (Å²) in [7, 11) is 0. The molecule has 0 saturated carbocycles. The molecular weight excluding hydrogens is 689 g/mol. The minimum Gasteiger partial charge on any atom is -0.324 e. The monoisotopic (exact) mass is 726 g/mol. The third-order valence-corrected chi connectivity index (χ3v) is 10.0. The van der Waals surface area contributed by atoms with E-state index >= 15 is 0 Å². The van der Waals surface area contributed by atoms with Crippen molar-refractivity contribution in [1.82, 2.24) is 9.80 Å². The van der Waals surface area contributed by atoms with E-state index in [0.717, 1.165) is 67.8 Å². The van der Waals surface area contributed by atoms with Gasteiger partial charge in [0.05, 0.1) is 22.5 Å². The zero-order valence-corrected chi connectivity index (χ0v) is 31.2. The van der Waals surface area contributed by atoms with Crippen LogP contribution in [0.3, 0.4) is 0 Å². The normalized spacial score (nSPS) is 14.9. The Hall–Kier alpha value is -7.68. The zero-order chi connectivity index (χ0) is 38.4. The van der Waals surface area contributed by atoms with E-state index < -0.39 is 0 Å². The second-order valence-corrected chi connectivity index (χ2v) is 13.1. The van der Waals surface area contributed by atoms with Crippen molar-refractivity contribution in [1.29, 1.82) is 10.5 Å². The predicted octanol–water partition coefficient (Wildman–Crippen LogP) is 11.2. The first-order chi connectivity index (χ1) is 27.7. The lowest BCUT2D eigenvalue weighted by atomic mass is 10.0. The number of nitriles is 2. The number of likely N-dealkylation sites (N-methyl/N-ethyl adjacent to an activating group) is 2. The van der Waals surface area contributed by atoms with Crippen molar-refractivity contribution in [3.8, 4) is 12.4 Å². The largest absolute Gasteiger partial charge is 0.324 e. The fourth-order valence-electron chi connectivity index (χ4n) is 7.71. The second kappa shape index (κ2) is 15.7. The lowest BCUT2D eigenvalue weighted by Crippen LogP contribution is -2.30. The Labute approximate surface area is 327 Å². The zero-order valence-electron chi connectivity index (χ0n) is 31.2. The molecule has 2 aliphatic heterocycles. The van der Waals surface area contributed by atoms with Gasteiger partial charge in [-0.25, -0.2) is 0 Å². The maximum atomic E-state index is 10.1. The van der Waals surface area contributed by atoms with Crippen molar-refractivity contribution in [3.63, 3.8) is 0 Å². The van der Waals surface area contributed by atoms with Gasteiger partial charge in [0.25, 0.3) is 0 Å². The van der Waals surface area contributed by atoms with Crippen LogP contribution in [-0.4, -0.2) is 34.6 Å². The van der Waals surface area contributed by atoms with Gasteiger partial charge in [0, 0.05) is 47.2 Å². The van der Waals surface area contributed by atoms with E-state index in [-0.39, 0.29) is 0 Å². The van der Waals surface area contributed by atoms with Crippen molar-refractivity contribution >= 4 is 57.2 Å². The van der Waals surface area contributed by atoms with Gasteiger partial charge in [-0.15, -0.1) is 0 Å². The van der Waals surface area contributed by atoms with Crippen LogP contribution in [0.5, 0.6) is 0 Å². The van der Waals surface area contributed by atoms with Crippen LogP contribution in [-0.2, 0) is 0 Å². The number of hydrogen-bond donors (Lipinski definition) is 0. The summed E-state index contributed by atoms with van der Waals surface area (Å²) in [5, 5.41) is 20.2. The van der Waals surface area contributed by atoms with E-state index in [9.17, 15) is 10.5 Å². The maximum Gasteiger partial charge on any atom is 0.207 e. The Morgan fingerprint density at radius 1 is 0.411 bits per heavy atom. The molecular formula is C48H38N8. The van der Waals surface area contributed by atoms with Gasteiger partial charge in [-0.2, -0.15) is 20.5 Å². The van der Waals surface area contributed by atoms with Gasteiger partial charge in [-0.05, 0) is 97.8 Å². The van der Waals surface area contributed by atoms with Crippen LogP contribution in [0.2, 0.25) is 0 Å². The first-order valence-electron chi connectivity index (χ1n) is 18.7. The molecule has 8 nitrogen and oxygen atoms in total. The molecule has 2 heterocycles. The molecule has 0 atom stereocenters. The topological polar surface area (TPSA) is 85.3 Å². The summed E-state index contributed by atoms with van der Waals surface area (Å²) in [6, 6.07) is 58.0. The molecule has 0 radical (unpaired) electrons. The third kappa shape index (κ3) is 6.36. The van der Waals surface area contributed by atoms with Crippen molar-refractivity contribution in [2.45, 2.75) is 13.8 Å². The molecule has 0 unspecified atom stereocenters. The molecule has 0 N–H and O–H groups in total. The van der Waals surface area contributed by atoms with E-state index in [2.05, 4.69) is 139 Å². The molecule has 0 spiro atoms. The molecule has 2 aliphatic rings. The molecule has 8 rings (SSSR count). The van der Waals surface area contributed by atoms with E-state index in [1.165, 1.54) is 0 Å². The standard InChI is InChI=1S/C48H38N8/c1-3-53-45(35-25-29-41(30-26-35)55(37-17-9-5-10-18-37)38-19-11-6-12-20-38)43-44(47(53)51-33-49)46(54(4-2)48(43)52-34-50)36-27-31-42(32-28-36)56(39-21-13-7-14-22-39)40-23-15-8-16-24-40/h5-32H,3-4H2,1-2H3. The molecule has 0 aliphatic carbocycles. The first-order valence-corrected chi connectivity index (χ1v) is 18.7. The Balaban J connectivity index is 1.27. The minimum absolute atomic E-state index is 0.537. The number of hydrogen-bond acceptors (Lipinski definition) is 6. The van der Waals surface area contributed by atoms with E-state index in [0.29, 0.717) is 24.8 Å². The van der Waals surface area contributed by atoms with E-state index in [1.54, 1.807) is 0 Å². The van der Waals surface area contributed by atoms with Crippen LogP contribution in [0.25, 0.3) is 11.4 Å². The van der Waals surface area contributed by atoms with Gasteiger partial charge in [0.15, 0.2) is 11.7 Å². The summed E-state index contributed by atoms with van der Waals surface area (Å²) < 4.78 is 0. The first kappa shape index (κ1) is 35.4. The molecule has 8 heteroatoms. The van der Waals surface area contributed by atoms with Crippen LogP contribution >= 0.6 is 0 Å². The predicted molar refractivity (Wildman–Crippen MR) is 227 cm³/mol. The number of nitrogens with zero attached hydrogens (tertiary/aromatic N) is 8. The average Bonchev–Trinajstić information content (AvgIpc) is 3.74. The number of benzene rings is 6. The Morgan fingerprint density at radius 2 is 0.679 bits per heavy atom. The van der Waals surface area contributed by atoms with Gasteiger partial charge in [-0.3, -0.25) is 0 Å². The van der Waals surface area contributed by atoms with Gasteiger partial charge < -0.3 is 19.6 Å². The Bertz CT molecular complexity index is 2290. The van der Waals surface area contributed by atoms with Crippen molar-refractivity contribution in [3.05, 3.63) is 192 Å². The number of aliphatic imine (C=N–C) groups is 2. The summed E-state index contributed by atoms with van der Waals surface area (Å²) in [5.74, 6) is 1.07. The van der Waals surface area contributed by atoms with Crippen molar-refractivity contribution in [2.24, 2.45) is 9.98 Å². The van der Waals surface area contributed by atoms with Crippen LogP contribution in [0.15, 0.2) is 191 Å². The Kier molecular flexibility index (Phi) is 9.94.